The molecule has 2 aliphatic rings. The number of ether oxygens (including phenoxy) is 3. The van der Waals surface area contributed by atoms with Gasteiger partial charge in [0.2, 0.25) is 0 Å². The van der Waals surface area contributed by atoms with Crippen LogP contribution in [0.4, 0.5) is 0 Å². The van der Waals surface area contributed by atoms with Gasteiger partial charge in [0.1, 0.15) is 34.3 Å². The van der Waals surface area contributed by atoms with Crippen molar-refractivity contribution in [1.82, 2.24) is 10.2 Å². The van der Waals surface area contributed by atoms with Gasteiger partial charge in [0.15, 0.2) is 12.3 Å². The number of amides is 2. The number of aliphatic hydroxyl groups excluding tert-OH is 1. The van der Waals surface area contributed by atoms with E-state index in [1.54, 1.807) is 32.0 Å². The molecule has 1 aromatic carbocycles. The van der Waals surface area contributed by atoms with E-state index in [2.05, 4.69) is 5.32 Å². The van der Waals surface area contributed by atoms with E-state index >= 15 is 0 Å². The van der Waals surface area contributed by atoms with Crippen molar-refractivity contribution in [2.75, 3.05) is 12.4 Å². The second kappa shape index (κ2) is 10.2. The standard InChI is InChI=1S/C22H26N2O8S/c1-4-8-22(2,3)32-21(29)18-15(26)11-33-20-17(19(28)24(18)20)23-16(27)10-30-13-6-5-7-14(9-13)31-12-25/h5-7,9,12,17,20,26H,4,8,10-11H2,1-3H3,(H,23,27)/t17?,20-/m1/s1. The number of benzene rings is 1. The molecule has 2 heterocycles. The highest BCUT2D eigenvalue weighted by atomic mass is 32.2. The summed E-state index contributed by atoms with van der Waals surface area (Å²) in [6, 6.07) is 5.32. The molecule has 11 heteroatoms. The van der Waals surface area contributed by atoms with Crippen molar-refractivity contribution in [2.24, 2.45) is 0 Å². The molecule has 1 saturated heterocycles. The van der Waals surface area contributed by atoms with Crippen molar-refractivity contribution in [2.45, 2.75) is 50.6 Å². The van der Waals surface area contributed by atoms with Crippen LogP contribution in [-0.2, 0) is 23.9 Å². The number of rotatable bonds is 10. The number of aliphatic hydroxyl groups is 1. The summed E-state index contributed by atoms with van der Waals surface area (Å²) in [7, 11) is 0. The molecule has 2 N–H and O–H groups in total. The third-order valence-corrected chi connectivity index (χ3v) is 6.30. The Morgan fingerprint density at radius 1 is 1.33 bits per heavy atom. The van der Waals surface area contributed by atoms with Gasteiger partial charge in [-0.2, -0.15) is 0 Å². The molecule has 0 aliphatic carbocycles. The van der Waals surface area contributed by atoms with E-state index in [0.717, 1.165) is 6.42 Å². The maximum absolute atomic E-state index is 12.7. The zero-order valence-electron chi connectivity index (χ0n) is 18.5. The SMILES string of the molecule is CCCC(C)(C)OC(=O)C1=C(O)CS[C@@H]2C(NC(=O)COc3cccc(OC=O)c3)C(=O)N12. The number of carbonyl (C=O) groups excluding carboxylic acids is 4. The van der Waals surface area contributed by atoms with Crippen molar-refractivity contribution >= 4 is 36.0 Å². The summed E-state index contributed by atoms with van der Waals surface area (Å²) >= 11 is 1.23. The minimum absolute atomic E-state index is 0.111. The van der Waals surface area contributed by atoms with Gasteiger partial charge in [-0.05, 0) is 32.4 Å². The lowest BCUT2D eigenvalue weighted by atomic mass is 10.0. The fourth-order valence-corrected chi connectivity index (χ4v) is 4.80. The van der Waals surface area contributed by atoms with Crippen molar-refractivity contribution in [1.29, 1.82) is 0 Å². The van der Waals surface area contributed by atoms with Crippen LogP contribution in [0, 0.1) is 0 Å². The van der Waals surface area contributed by atoms with Crippen molar-refractivity contribution in [3.63, 3.8) is 0 Å². The molecular formula is C22H26N2O8S. The average Bonchev–Trinajstić information content (AvgIpc) is 2.76. The number of hydrogen-bond acceptors (Lipinski definition) is 9. The molecule has 2 amide bonds. The summed E-state index contributed by atoms with van der Waals surface area (Å²) in [5.74, 6) is -1.37. The number of carbonyl (C=O) groups is 4. The topological polar surface area (TPSA) is 131 Å². The van der Waals surface area contributed by atoms with E-state index in [0.29, 0.717) is 12.2 Å². The van der Waals surface area contributed by atoms with Crippen LogP contribution < -0.4 is 14.8 Å². The van der Waals surface area contributed by atoms with Gasteiger partial charge < -0.3 is 24.6 Å². The number of fused-ring (bicyclic) bond motifs is 1. The van der Waals surface area contributed by atoms with E-state index in [-0.39, 0.29) is 36.0 Å². The Balaban J connectivity index is 1.59. The molecule has 2 atom stereocenters. The molecule has 3 rings (SSSR count). The van der Waals surface area contributed by atoms with E-state index in [4.69, 9.17) is 14.2 Å². The third kappa shape index (κ3) is 5.59. The van der Waals surface area contributed by atoms with Crippen LogP contribution in [0.25, 0.3) is 0 Å². The molecular weight excluding hydrogens is 452 g/mol. The van der Waals surface area contributed by atoms with Crippen molar-refractivity contribution in [3.05, 3.63) is 35.7 Å². The molecule has 0 spiro atoms. The van der Waals surface area contributed by atoms with E-state index < -0.39 is 34.8 Å². The number of hydrogen-bond donors (Lipinski definition) is 2. The Bertz CT molecular complexity index is 977. The van der Waals surface area contributed by atoms with Gasteiger partial charge >= 0.3 is 5.97 Å². The molecule has 10 nitrogen and oxygen atoms in total. The Morgan fingerprint density at radius 2 is 2.06 bits per heavy atom. The highest BCUT2D eigenvalue weighted by molar-refractivity contribution is 8.00. The first kappa shape index (κ1) is 24.4. The Labute approximate surface area is 195 Å². The summed E-state index contributed by atoms with van der Waals surface area (Å²) in [4.78, 5) is 49.4. The minimum Gasteiger partial charge on any atom is -0.509 e. The molecule has 0 bridgehead atoms. The predicted octanol–water partition coefficient (Wildman–Crippen LogP) is 1.89. The smallest absolute Gasteiger partial charge is 0.359 e. The fourth-order valence-electron chi connectivity index (χ4n) is 3.60. The molecule has 2 aliphatic heterocycles. The first-order valence-corrected chi connectivity index (χ1v) is 11.4. The van der Waals surface area contributed by atoms with Gasteiger partial charge in [0.05, 0.1) is 5.75 Å². The Hall–Kier alpha value is -3.21. The van der Waals surface area contributed by atoms with Crippen molar-refractivity contribution < 1.29 is 38.5 Å². The van der Waals surface area contributed by atoms with E-state index in [1.165, 1.54) is 22.7 Å². The number of nitrogens with one attached hydrogen (secondary N) is 1. The summed E-state index contributed by atoms with van der Waals surface area (Å²) in [6.07, 6.45) is 1.43. The largest absolute Gasteiger partial charge is 0.509 e. The number of β-lactam (4-membered cyclic amide) rings is 1. The highest BCUT2D eigenvalue weighted by Crippen LogP contribution is 2.40. The molecule has 33 heavy (non-hydrogen) atoms. The lowest BCUT2D eigenvalue weighted by molar-refractivity contribution is -0.161. The molecule has 1 fully saturated rings. The van der Waals surface area contributed by atoms with E-state index in [1.807, 2.05) is 6.92 Å². The molecule has 0 radical (unpaired) electrons. The maximum Gasteiger partial charge on any atom is 0.359 e. The number of nitrogens with zero attached hydrogens (tertiary/aromatic N) is 1. The Morgan fingerprint density at radius 3 is 2.76 bits per heavy atom. The van der Waals surface area contributed by atoms with Crippen LogP contribution in [0.15, 0.2) is 35.7 Å². The third-order valence-electron chi connectivity index (χ3n) is 5.04. The average molecular weight is 479 g/mol. The summed E-state index contributed by atoms with van der Waals surface area (Å²) in [6.45, 7) is 5.41. The maximum atomic E-state index is 12.7. The zero-order valence-corrected chi connectivity index (χ0v) is 19.3. The molecule has 1 aromatic rings. The van der Waals surface area contributed by atoms with Gasteiger partial charge in [-0.1, -0.05) is 19.4 Å². The molecule has 0 aromatic heterocycles. The van der Waals surface area contributed by atoms with Crippen LogP contribution in [0.3, 0.4) is 0 Å². The number of thioether (sulfide) groups is 1. The number of esters is 1. The summed E-state index contributed by atoms with van der Waals surface area (Å²) in [5, 5.41) is 12.3. The summed E-state index contributed by atoms with van der Waals surface area (Å²) < 4.78 is 15.6. The van der Waals surface area contributed by atoms with Crippen LogP contribution in [0.5, 0.6) is 11.5 Å². The monoisotopic (exact) mass is 478 g/mol. The van der Waals surface area contributed by atoms with Gasteiger partial charge in [0.25, 0.3) is 18.3 Å². The Kier molecular flexibility index (Phi) is 7.52. The van der Waals surface area contributed by atoms with Crippen LogP contribution in [0.2, 0.25) is 0 Å². The lowest BCUT2D eigenvalue weighted by Crippen LogP contribution is -2.71. The lowest BCUT2D eigenvalue weighted by Gasteiger charge is -2.49. The normalized spacial score (nSPS) is 19.8. The second-order valence-electron chi connectivity index (χ2n) is 8.13. The molecule has 1 unspecified atom stereocenters. The van der Waals surface area contributed by atoms with E-state index in [9.17, 15) is 24.3 Å². The molecule has 178 valence electrons. The van der Waals surface area contributed by atoms with Crippen LogP contribution in [0.1, 0.15) is 33.6 Å². The van der Waals surface area contributed by atoms with Gasteiger partial charge in [-0.25, -0.2) is 4.79 Å². The summed E-state index contributed by atoms with van der Waals surface area (Å²) in [5.41, 5.74) is -0.923. The minimum atomic E-state index is -0.865. The zero-order chi connectivity index (χ0) is 24.2. The fraction of sp³-hybridized carbons (Fsp3) is 0.455. The first-order valence-electron chi connectivity index (χ1n) is 10.4. The van der Waals surface area contributed by atoms with Gasteiger partial charge in [-0.3, -0.25) is 19.3 Å². The van der Waals surface area contributed by atoms with Crippen LogP contribution in [-0.4, -0.2) is 63.6 Å². The van der Waals surface area contributed by atoms with Crippen LogP contribution >= 0.6 is 11.8 Å². The van der Waals surface area contributed by atoms with Gasteiger partial charge in [0, 0.05) is 6.07 Å². The second-order valence-corrected chi connectivity index (χ2v) is 9.23. The quantitative estimate of drug-likeness (QED) is 0.294. The van der Waals surface area contributed by atoms with Crippen molar-refractivity contribution in [3.8, 4) is 11.5 Å². The van der Waals surface area contributed by atoms with Gasteiger partial charge in [-0.15, -0.1) is 11.8 Å². The molecule has 0 saturated carbocycles. The highest BCUT2D eigenvalue weighted by Gasteiger charge is 2.55. The predicted molar refractivity (Wildman–Crippen MR) is 118 cm³/mol. The first-order chi connectivity index (χ1) is 15.7.